The van der Waals surface area contributed by atoms with Gasteiger partial charge in [0.05, 0.1) is 13.1 Å². The standard InChI is InChI=1S/C25H49N2/c1-4-7-10-12-14-15-16-18-20-25-26(21-9-6-3)23-24-27(25)22-19-17-13-11-8-5-2/h23-24H,4-22H2,1-3H3/q+1. The quantitative estimate of drug-likeness (QED) is 0.173. The molecule has 0 unspecified atom stereocenters. The number of imidazole rings is 1. The van der Waals surface area contributed by atoms with Crippen LogP contribution >= 0.6 is 0 Å². The summed E-state index contributed by atoms with van der Waals surface area (Å²) in [7, 11) is 0. The van der Waals surface area contributed by atoms with Crippen molar-refractivity contribution in [2.75, 3.05) is 0 Å². The average Bonchev–Trinajstić information content (AvgIpc) is 3.06. The van der Waals surface area contributed by atoms with E-state index in [1.54, 1.807) is 5.82 Å². The topological polar surface area (TPSA) is 8.81 Å². The summed E-state index contributed by atoms with van der Waals surface area (Å²) in [5.41, 5.74) is 0. The molecule has 0 N–H and O–H groups in total. The molecule has 1 rings (SSSR count). The Bertz CT molecular complexity index is 436. The van der Waals surface area contributed by atoms with Gasteiger partial charge in [-0.2, -0.15) is 0 Å². The molecule has 0 bridgehead atoms. The molecule has 0 fully saturated rings. The number of aromatic nitrogens is 2. The van der Waals surface area contributed by atoms with E-state index in [1.165, 1.54) is 122 Å². The maximum absolute atomic E-state index is 2.57. The van der Waals surface area contributed by atoms with Crippen LogP contribution in [0.5, 0.6) is 0 Å². The van der Waals surface area contributed by atoms with Crippen LogP contribution in [0.2, 0.25) is 0 Å². The van der Waals surface area contributed by atoms with Gasteiger partial charge in [0.25, 0.3) is 5.82 Å². The molecule has 2 heteroatoms. The van der Waals surface area contributed by atoms with Gasteiger partial charge in [0, 0.05) is 6.42 Å². The van der Waals surface area contributed by atoms with Crippen LogP contribution < -0.4 is 4.57 Å². The predicted octanol–water partition coefficient (Wildman–Crippen LogP) is 7.62. The molecule has 0 saturated heterocycles. The fourth-order valence-electron chi connectivity index (χ4n) is 4.00. The predicted molar refractivity (Wildman–Crippen MR) is 119 cm³/mol. The van der Waals surface area contributed by atoms with Crippen molar-refractivity contribution in [2.45, 2.75) is 143 Å². The lowest BCUT2D eigenvalue weighted by Gasteiger charge is -2.06. The molecule has 0 radical (unpaired) electrons. The SMILES string of the molecule is CCCCCCCCCCc1n(CCCC)cc[n+]1CCCCCCCC. The van der Waals surface area contributed by atoms with Gasteiger partial charge in [-0.05, 0) is 25.7 Å². The van der Waals surface area contributed by atoms with Crippen LogP contribution in [-0.4, -0.2) is 4.57 Å². The number of aryl methyl sites for hydroxylation is 2. The minimum atomic E-state index is 1.20. The zero-order valence-electron chi connectivity index (χ0n) is 19.0. The molecule has 1 heterocycles. The second kappa shape index (κ2) is 17.3. The number of hydrogen-bond donors (Lipinski definition) is 0. The Hall–Kier alpha value is -0.790. The van der Waals surface area contributed by atoms with Gasteiger partial charge in [0.1, 0.15) is 12.4 Å². The summed E-state index contributed by atoms with van der Waals surface area (Å²) in [4.78, 5) is 0. The van der Waals surface area contributed by atoms with E-state index >= 15 is 0 Å². The van der Waals surface area contributed by atoms with Crippen molar-refractivity contribution in [1.29, 1.82) is 0 Å². The zero-order valence-corrected chi connectivity index (χ0v) is 19.0. The molecule has 158 valence electrons. The van der Waals surface area contributed by atoms with E-state index in [1.807, 2.05) is 0 Å². The average molecular weight is 378 g/mol. The van der Waals surface area contributed by atoms with E-state index in [4.69, 9.17) is 0 Å². The van der Waals surface area contributed by atoms with Crippen molar-refractivity contribution in [1.82, 2.24) is 4.57 Å². The largest absolute Gasteiger partial charge is 0.256 e. The maximum atomic E-state index is 2.57. The Labute approximate surface area is 170 Å². The first kappa shape index (κ1) is 24.2. The van der Waals surface area contributed by atoms with E-state index in [0.717, 1.165) is 0 Å². The normalized spacial score (nSPS) is 11.4. The Morgan fingerprint density at radius 3 is 1.74 bits per heavy atom. The summed E-state index contributed by atoms with van der Waals surface area (Å²) >= 11 is 0. The molecule has 1 aromatic heterocycles. The van der Waals surface area contributed by atoms with Gasteiger partial charge in [-0.1, -0.05) is 97.8 Å². The van der Waals surface area contributed by atoms with Crippen LogP contribution in [0.15, 0.2) is 12.4 Å². The van der Waals surface area contributed by atoms with Crippen LogP contribution in [0, 0.1) is 0 Å². The summed E-state index contributed by atoms with van der Waals surface area (Å²) in [5, 5.41) is 0. The Balaban J connectivity index is 2.35. The number of rotatable bonds is 19. The van der Waals surface area contributed by atoms with Gasteiger partial charge >= 0.3 is 0 Å². The van der Waals surface area contributed by atoms with Crippen molar-refractivity contribution in [3.63, 3.8) is 0 Å². The molecule has 0 amide bonds. The monoisotopic (exact) mass is 377 g/mol. The van der Waals surface area contributed by atoms with Crippen molar-refractivity contribution in [3.05, 3.63) is 18.2 Å². The number of hydrogen-bond acceptors (Lipinski definition) is 0. The van der Waals surface area contributed by atoms with Crippen LogP contribution in [0.3, 0.4) is 0 Å². The molecule has 0 aliphatic rings. The van der Waals surface area contributed by atoms with Crippen LogP contribution in [0.4, 0.5) is 0 Å². The minimum Gasteiger partial charge on any atom is -0.234 e. The van der Waals surface area contributed by atoms with Crippen LogP contribution in [-0.2, 0) is 19.5 Å². The third-order valence-electron chi connectivity index (χ3n) is 5.85. The molecule has 0 atom stereocenters. The molecular formula is C25H49N2+. The Morgan fingerprint density at radius 1 is 0.630 bits per heavy atom. The van der Waals surface area contributed by atoms with Gasteiger partial charge in [0.15, 0.2) is 0 Å². The summed E-state index contributed by atoms with van der Waals surface area (Å²) < 4.78 is 5.11. The Morgan fingerprint density at radius 2 is 1.15 bits per heavy atom. The number of unbranched alkanes of at least 4 members (excludes halogenated alkanes) is 13. The lowest BCUT2D eigenvalue weighted by molar-refractivity contribution is -0.704. The van der Waals surface area contributed by atoms with Crippen molar-refractivity contribution >= 4 is 0 Å². The second-order valence-corrected chi connectivity index (χ2v) is 8.45. The summed E-state index contributed by atoms with van der Waals surface area (Å²) in [6.07, 6.45) is 28.2. The molecule has 0 aliphatic heterocycles. The highest BCUT2D eigenvalue weighted by Crippen LogP contribution is 2.12. The third-order valence-corrected chi connectivity index (χ3v) is 5.85. The fraction of sp³-hybridized carbons (Fsp3) is 0.880. The summed E-state index contributed by atoms with van der Waals surface area (Å²) in [6.45, 7) is 9.32. The van der Waals surface area contributed by atoms with Crippen molar-refractivity contribution in [2.24, 2.45) is 0 Å². The highest BCUT2D eigenvalue weighted by molar-refractivity contribution is 4.84. The van der Waals surface area contributed by atoms with Crippen LogP contribution in [0.25, 0.3) is 0 Å². The highest BCUT2D eigenvalue weighted by Gasteiger charge is 2.16. The molecule has 0 aliphatic carbocycles. The smallest absolute Gasteiger partial charge is 0.234 e. The van der Waals surface area contributed by atoms with Crippen LogP contribution in [0.1, 0.15) is 129 Å². The molecule has 0 spiro atoms. The molecule has 1 aromatic rings. The van der Waals surface area contributed by atoms with E-state index in [2.05, 4.69) is 42.3 Å². The first-order valence-electron chi connectivity index (χ1n) is 12.4. The number of nitrogens with zero attached hydrogens (tertiary/aromatic N) is 2. The molecule has 0 saturated carbocycles. The molecule has 0 aromatic carbocycles. The van der Waals surface area contributed by atoms with Gasteiger partial charge in [-0.25, -0.2) is 9.13 Å². The van der Waals surface area contributed by atoms with E-state index in [9.17, 15) is 0 Å². The Kier molecular flexibility index (Phi) is 15.6. The lowest BCUT2D eigenvalue weighted by Crippen LogP contribution is -2.37. The van der Waals surface area contributed by atoms with Gasteiger partial charge < -0.3 is 0 Å². The van der Waals surface area contributed by atoms with Crippen molar-refractivity contribution in [3.8, 4) is 0 Å². The summed E-state index contributed by atoms with van der Waals surface area (Å²) in [5.74, 6) is 1.59. The van der Waals surface area contributed by atoms with E-state index in [0.29, 0.717) is 0 Å². The van der Waals surface area contributed by atoms with E-state index in [-0.39, 0.29) is 0 Å². The van der Waals surface area contributed by atoms with Gasteiger partial charge in [-0.15, -0.1) is 0 Å². The maximum Gasteiger partial charge on any atom is 0.256 e. The zero-order chi connectivity index (χ0) is 19.6. The first-order chi connectivity index (χ1) is 13.3. The van der Waals surface area contributed by atoms with Crippen molar-refractivity contribution < 1.29 is 4.57 Å². The second-order valence-electron chi connectivity index (χ2n) is 8.45. The fourth-order valence-corrected chi connectivity index (χ4v) is 4.00. The van der Waals surface area contributed by atoms with Gasteiger partial charge in [0.2, 0.25) is 0 Å². The lowest BCUT2D eigenvalue weighted by atomic mass is 10.1. The highest BCUT2D eigenvalue weighted by atomic mass is 15.1. The molecule has 27 heavy (non-hydrogen) atoms. The summed E-state index contributed by atoms with van der Waals surface area (Å²) in [6, 6.07) is 0. The molecular weight excluding hydrogens is 328 g/mol. The minimum absolute atomic E-state index is 1.20. The first-order valence-corrected chi connectivity index (χ1v) is 12.4. The molecule has 2 nitrogen and oxygen atoms in total. The van der Waals surface area contributed by atoms with Gasteiger partial charge in [-0.3, -0.25) is 0 Å². The van der Waals surface area contributed by atoms with E-state index < -0.39 is 0 Å². The third kappa shape index (κ3) is 11.6.